The third-order valence-electron chi connectivity index (χ3n) is 1.83. The van der Waals surface area contributed by atoms with E-state index in [1.54, 1.807) is 12.4 Å². The van der Waals surface area contributed by atoms with Crippen LogP contribution >= 0.6 is 15.9 Å². The van der Waals surface area contributed by atoms with E-state index in [1.807, 2.05) is 11.0 Å². The fourth-order valence-corrected chi connectivity index (χ4v) is 1.72. The molecule has 0 fully saturated rings. The zero-order chi connectivity index (χ0) is 10.4. The van der Waals surface area contributed by atoms with Crippen molar-refractivity contribution in [2.75, 3.05) is 31.2 Å². The van der Waals surface area contributed by atoms with Crippen molar-refractivity contribution in [3.05, 3.63) is 22.9 Å². The van der Waals surface area contributed by atoms with Gasteiger partial charge < -0.3 is 15.1 Å². The molecule has 0 aliphatic carbocycles. The summed E-state index contributed by atoms with van der Waals surface area (Å²) in [7, 11) is 0. The van der Waals surface area contributed by atoms with Crippen LogP contribution in [0.25, 0.3) is 0 Å². The highest BCUT2D eigenvalue weighted by Gasteiger charge is 2.08. The summed E-state index contributed by atoms with van der Waals surface area (Å²) >= 11 is 3.37. The number of pyridine rings is 1. The maximum atomic E-state index is 8.86. The third kappa shape index (κ3) is 2.94. The van der Waals surface area contributed by atoms with Gasteiger partial charge in [0.2, 0.25) is 0 Å². The van der Waals surface area contributed by atoms with Crippen LogP contribution in [-0.2, 0) is 0 Å². The van der Waals surface area contributed by atoms with Gasteiger partial charge in [-0.25, -0.2) is 0 Å². The van der Waals surface area contributed by atoms with Crippen molar-refractivity contribution in [1.29, 1.82) is 0 Å². The van der Waals surface area contributed by atoms with Gasteiger partial charge in [-0.3, -0.25) is 4.98 Å². The second-order valence-corrected chi connectivity index (χ2v) is 3.62. The Morgan fingerprint density at radius 1 is 1.29 bits per heavy atom. The lowest BCUT2D eigenvalue weighted by Gasteiger charge is -2.23. The van der Waals surface area contributed by atoms with Crippen molar-refractivity contribution < 1.29 is 10.2 Å². The summed E-state index contributed by atoms with van der Waals surface area (Å²) in [6.45, 7) is 1.13. The first kappa shape index (κ1) is 11.4. The van der Waals surface area contributed by atoms with Gasteiger partial charge in [-0.2, -0.15) is 0 Å². The molecule has 1 aromatic heterocycles. The van der Waals surface area contributed by atoms with E-state index in [4.69, 9.17) is 10.2 Å². The van der Waals surface area contributed by atoms with E-state index in [-0.39, 0.29) is 13.2 Å². The molecule has 1 aromatic rings. The highest BCUT2D eigenvalue weighted by molar-refractivity contribution is 9.10. The summed E-state index contributed by atoms with van der Waals surface area (Å²) < 4.78 is 0.863. The van der Waals surface area contributed by atoms with Crippen LogP contribution < -0.4 is 4.90 Å². The summed E-state index contributed by atoms with van der Waals surface area (Å²) in [6.07, 6.45) is 3.37. The van der Waals surface area contributed by atoms with Gasteiger partial charge in [0.15, 0.2) is 0 Å². The van der Waals surface area contributed by atoms with Gasteiger partial charge in [0, 0.05) is 25.5 Å². The first-order valence-corrected chi connectivity index (χ1v) is 5.15. The van der Waals surface area contributed by atoms with Crippen LogP contribution in [-0.4, -0.2) is 41.5 Å². The normalized spacial score (nSPS) is 10.2. The lowest BCUT2D eigenvalue weighted by molar-refractivity contribution is 0.281. The molecule has 1 rings (SSSR count). The number of halogens is 1. The van der Waals surface area contributed by atoms with Crippen molar-refractivity contribution in [3.63, 3.8) is 0 Å². The Bertz CT molecular complexity index is 277. The lowest BCUT2D eigenvalue weighted by atomic mass is 10.3. The van der Waals surface area contributed by atoms with Crippen molar-refractivity contribution in [1.82, 2.24) is 4.98 Å². The fraction of sp³-hybridized carbons (Fsp3) is 0.444. The summed E-state index contributed by atoms with van der Waals surface area (Å²) in [5.74, 6) is 0. The molecule has 14 heavy (non-hydrogen) atoms. The zero-order valence-electron chi connectivity index (χ0n) is 7.73. The number of aliphatic hydroxyl groups is 2. The Morgan fingerprint density at radius 3 is 2.43 bits per heavy atom. The van der Waals surface area contributed by atoms with Gasteiger partial charge in [0.05, 0.1) is 23.4 Å². The summed E-state index contributed by atoms with van der Waals surface area (Å²) in [5, 5.41) is 17.7. The molecule has 0 saturated heterocycles. The molecule has 0 atom stereocenters. The number of aromatic nitrogens is 1. The van der Waals surface area contributed by atoms with Gasteiger partial charge in [-0.1, -0.05) is 0 Å². The minimum atomic E-state index is 0.0642. The Balaban J connectivity index is 2.81. The Hall–Kier alpha value is -0.650. The number of hydrogen-bond donors (Lipinski definition) is 2. The largest absolute Gasteiger partial charge is 0.395 e. The topological polar surface area (TPSA) is 56.6 Å². The van der Waals surface area contributed by atoms with Gasteiger partial charge in [-0.05, 0) is 22.0 Å². The molecule has 4 nitrogen and oxygen atoms in total. The predicted molar refractivity (Wildman–Crippen MR) is 58.3 cm³/mol. The van der Waals surface area contributed by atoms with Gasteiger partial charge in [0.25, 0.3) is 0 Å². The van der Waals surface area contributed by atoms with Crippen LogP contribution in [0.4, 0.5) is 5.69 Å². The summed E-state index contributed by atoms with van der Waals surface area (Å²) in [4.78, 5) is 5.84. The van der Waals surface area contributed by atoms with Crippen LogP contribution in [0.2, 0.25) is 0 Å². The Kier molecular flexibility index (Phi) is 4.86. The van der Waals surface area contributed by atoms with Crippen molar-refractivity contribution in [2.24, 2.45) is 0 Å². The molecule has 2 N–H and O–H groups in total. The molecule has 0 aliphatic heterocycles. The highest BCUT2D eigenvalue weighted by Crippen LogP contribution is 2.23. The number of anilines is 1. The standard InChI is InChI=1S/C9H13BrN2O2/c10-8-7-11-2-1-9(8)12(3-5-13)4-6-14/h1-2,7,13-14H,3-6H2. The van der Waals surface area contributed by atoms with Crippen LogP contribution in [0.1, 0.15) is 0 Å². The van der Waals surface area contributed by atoms with Gasteiger partial charge in [-0.15, -0.1) is 0 Å². The van der Waals surface area contributed by atoms with E-state index < -0.39 is 0 Å². The minimum Gasteiger partial charge on any atom is -0.395 e. The molecule has 1 heterocycles. The maximum Gasteiger partial charge on any atom is 0.0606 e. The first-order chi connectivity index (χ1) is 6.79. The predicted octanol–water partition coefficient (Wildman–Crippen LogP) is 0.635. The number of rotatable bonds is 5. The second-order valence-electron chi connectivity index (χ2n) is 2.76. The molecular weight excluding hydrogens is 248 g/mol. The van der Waals surface area contributed by atoms with E-state index in [1.165, 1.54) is 0 Å². The van der Waals surface area contributed by atoms with Crippen molar-refractivity contribution in [3.8, 4) is 0 Å². The molecule has 0 radical (unpaired) electrons. The molecule has 78 valence electrons. The second kappa shape index (κ2) is 5.95. The zero-order valence-corrected chi connectivity index (χ0v) is 9.31. The van der Waals surface area contributed by atoms with E-state index in [0.29, 0.717) is 13.1 Å². The molecule has 0 bridgehead atoms. The smallest absolute Gasteiger partial charge is 0.0606 e. The quantitative estimate of drug-likeness (QED) is 0.816. The molecule has 0 amide bonds. The number of hydrogen-bond acceptors (Lipinski definition) is 4. The average Bonchev–Trinajstić information content (AvgIpc) is 2.18. The van der Waals surface area contributed by atoms with E-state index in [2.05, 4.69) is 20.9 Å². The Morgan fingerprint density at radius 2 is 1.93 bits per heavy atom. The van der Waals surface area contributed by atoms with Crippen LogP contribution in [0, 0.1) is 0 Å². The van der Waals surface area contributed by atoms with E-state index in [9.17, 15) is 0 Å². The number of aliphatic hydroxyl groups excluding tert-OH is 2. The molecule has 0 aliphatic rings. The van der Waals surface area contributed by atoms with Gasteiger partial charge in [0.1, 0.15) is 0 Å². The first-order valence-electron chi connectivity index (χ1n) is 4.35. The van der Waals surface area contributed by atoms with Gasteiger partial charge >= 0.3 is 0 Å². The SMILES string of the molecule is OCCN(CCO)c1ccncc1Br. The monoisotopic (exact) mass is 260 g/mol. The van der Waals surface area contributed by atoms with Crippen molar-refractivity contribution in [2.45, 2.75) is 0 Å². The fourth-order valence-electron chi connectivity index (χ4n) is 1.22. The van der Waals surface area contributed by atoms with E-state index >= 15 is 0 Å². The molecule has 0 spiro atoms. The lowest BCUT2D eigenvalue weighted by Crippen LogP contribution is -2.29. The molecule has 0 aromatic carbocycles. The molecule has 0 unspecified atom stereocenters. The minimum absolute atomic E-state index is 0.0642. The van der Waals surface area contributed by atoms with Crippen LogP contribution in [0.15, 0.2) is 22.9 Å². The summed E-state index contributed by atoms with van der Waals surface area (Å²) in [5.41, 5.74) is 0.933. The van der Waals surface area contributed by atoms with E-state index in [0.717, 1.165) is 10.2 Å². The summed E-state index contributed by atoms with van der Waals surface area (Å²) in [6, 6.07) is 1.84. The van der Waals surface area contributed by atoms with Crippen molar-refractivity contribution >= 4 is 21.6 Å². The average molecular weight is 261 g/mol. The van der Waals surface area contributed by atoms with Crippen LogP contribution in [0.5, 0.6) is 0 Å². The van der Waals surface area contributed by atoms with Crippen LogP contribution in [0.3, 0.4) is 0 Å². The number of nitrogens with zero attached hydrogens (tertiary/aromatic N) is 2. The third-order valence-corrected chi connectivity index (χ3v) is 2.44. The Labute approximate surface area is 91.3 Å². The molecule has 5 heteroatoms. The maximum absolute atomic E-state index is 8.86. The highest BCUT2D eigenvalue weighted by atomic mass is 79.9. The molecule has 0 saturated carbocycles. The molecular formula is C9H13BrN2O2.